The van der Waals surface area contributed by atoms with Crippen molar-refractivity contribution in [2.24, 2.45) is 0 Å². The van der Waals surface area contributed by atoms with Gasteiger partial charge in [-0.3, -0.25) is 4.84 Å². The number of carbonyl (C=O) groups is 1. The highest BCUT2D eigenvalue weighted by Crippen LogP contribution is 2.15. The van der Waals surface area contributed by atoms with Crippen LogP contribution in [0.25, 0.3) is 0 Å². The van der Waals surface area contributed by atoms with Crippen LogP contribution in [0.5, 0.6) is 0 Å². The Kier molecular flexibility index (Phi) is 5.03. The highest BCUT2D eigenvalue weighted by atomic mass is 16.7. The molecule has 0 bridgehead atoms. The van der Waals surface area contributed by atoms with Crippen LogP contribution in [0.1, 0.15) is 12.8 Å². The van der Waals surface area contributed by atoms with Crippen molar-refractivity contribution in [3.63, 3.8) is 0 Å². The minimum Gasteiger partial charge on any atom is -0.394 e. The second kappa shape index (κ2) is 6.08. The zero-order valence-corrected chi connectivity index (χ0v) is 8.39. The van der Waals surface area contributed by atoms with Gasteiger partial charge in [0.05, 0.1) is 19.3 Å². The minimum atomic E-state index is -0.317. The summed E-state index contributed by atoms with van der Waals surface area (Å²) in [6.07, 6.45) is 2.40. The zero-order valence-electron chi connectivity index (χ0n) is 8.39. The number of carbonyl (C=O) groups excluding carboxylic acids is 1. The summed E-state index contributed by atoms with van der Waals surface area (Å²) in [7, 11) is 1.52. The summed E-state index contributed by atoms with van der Waals surface area (Å²) in [5.41, 5.74) is 0. The second-order valence-corrected chi connectivity index (χ2v) is 3.32. The smallest absolute Gasteiger partial charge is 0.139 e. The molecule has 0 spiro atoms. The van der Waals surface area contributed by atoms with Gasteiger partial charge in [0.1, 0.15) is 12.4 Å². The van der Waals surface area contributed by atoms with Crippen LogP contribution < -0.4 is 0 Å². The SMILES string of the molecule is COC(CO)CON1CCC[C@H]1C=O. The molecule has 0 saturated carbocycles. The molecule has 1 heterocycles. The topological polar surface area (TPSA) is 59.0 Å². The molecule has 0 aliphatic carbocycles. The van der Waals surface area contributed by atoms with Crippen LogP contribution in [0.4, 0.5) is 0 Å². The molecule has 0 aromatic heterocycles. The van der Waals surface area contributed by atoms with Crippen LogP contribution >= 0.6 is 0 Å². The maximum atomic E-state index is 10.6. The summed E-state index contributed by atoms with van der Waals surface area (Å²) in [6.45, 7) is 0.985. The average molecular weight is 203 g/mol. The molecule has 0 aromatic carbocycles. The predicted molar refractivity (Wildman–Crippen MR) is 49.6 cm³/mol. The molecule has 1 aliphatic rings. The predicted octanol–water partition coefficient (Wildman–Crippen LogP) is -0.411. The average Bonchev–Trinajstić information content (AvgIpc) is 2.67. The third-order valence-corrected chi connectivity index (χ3v) is 2.37. The number of ether oxygens (including phenoxy) is 1. The molecule has 0 aromatic rings. The van der Waals surface area contributed by atoms with E-state index in [-0.39, 0.29) is 25.4 Å². The number of aliphatic hydroxyl groups is 1. The first kappa shape index (κ1) is 11.6. The molecule has 1 saturated heterocycles. The fraction of sp³-hybridized carbons (Fsp3) is 0.889. The van der Waals surface area contributed by atoms with Gasteiger partial charge in [-0.1, -0.05) is 0 Å². The zero-order chi connectivity index (χ0) is 10.4. The molecule has 1 unspecified atom stereocenters. The number of nitrogens with zero attached hydrogens (tertiary/aromatic N) is 1. The minimum absolute atomic E-state index is 0.0733. The number of rotatable bonds is 6. The first-order valence-electron chi connectivity index (χ1n) is 4.80. The molecule has 82 valence electrons. The third-order valence-electron chi connectivity index (χ3n) is 2.37. The van der Waals surface area contributed by atoms with Crippen LogP contribution in [0.3, 0.4) is 0 Å². The summed E-state index contributed by atoms with van der Waals surface area (Å²) < 4.78 is 4.94. The molecule has 5 nitrogen and oxygen atoms in total. The van der Waals surface area contributed by atoms with E-state index in [1.54, 1.807) is 5.06 Å². The number of aliphatic hydroxyl groups excluding tert-OH is 1. The number of hydroxylamine groups is 2. The van der Waals surface area contributed by atoms with Crippen molar-refractivity contribution < 1.29 is 19.5 Å². The number of methoxy groups -OCH3 is 1. The van der Waals surface area contributed by atoms with Crippen molar-refractivity contribution in [2.75, 3.05) is 26.9 Å². The second-order valence-electron chi connectivity index (χ2n) is 3.32. The highest BCUT2D eigenvalue weighted by Gasteiger charge is 2.25. The van der Waals surface area contributed by atoms with Gasteiger partial charge in [0.25, 0.3) is 0 Å². The standard InChI is InChI=1S/C9H17NO4/c1-13-9(6-12)7-14-10-4-2-3-8(10)5-11/h5,8-9,12H,2-4,6-7H2,1H3/t8-,9?/m0/s1. The van der Waals surface area contributed by atoms with Crippen LogP contribution in [0.15, 0.2) is 0 Å². The normalized spacial score (nSPS) is 25.1. The molecular formula is C9H17NO4. The molecule has 0 amide bonds. The Morgan fingerprint density at radius 3 is 3.07 bits per heavy atom. The lowest BCUT2D eigenvalue weighted by Gasteiger charge is -2.21. The molecular weight excluding hydrogens is 186 g/mol. The van der Waals surface area contributed by atoms with E-state index in [0.717, 1.165) is 25.7 Å². The summed E-state index contributed by atoms with van der Waals surface area (Å²) in [5.74, 6) is 0. The molecule has 1 rings (SSSR count). The fourth-order valence-electron chi connectivity index (χ4n) is 1.44. The van der Waals surface area contributed by atoms with E-state index in [1.807, 2.05) is 0 Å². The van der Waals surface area contributed by atoms with Crippen LogP contribution in [-0.2, 0) is 14.4 Å². The van der Waals surface area contributed by atoms with Gasteiger partial charge in [-0.15, -0.1) is 0 Å². The summed E-state index contributed by atoms with van der Waals surface area (Å²) in [4.78, 5) is 16.0. The van der Waals surface area contributed by atoms with Crippen LogP contribution in [0.2, 0.25) is 0 Å². The Morgan fingerprint density at radius 2 is 2.50 bits per heavy atom. The van der Waals surface area contributed by atoms with Crippen molar-refractivity contribution in [2.45, 2.75) is 25.0 Å². The number of aldehydes is 1. The Labute approximate surface area is 83.5 Å². The van der Waals surface area contributed by atoms with Gasteiger partial charge < -0.3 is 14.6 Å². The number of hydrogen-bond donors (Lipinski definition) is 1. The lowest BCUT2D eigenvalue weighted by atomic mass is 10.2. The summed E-state index contributed by atoms with van der Waals surface area (Å²) in [6, 6.07) is -0.133. The third kappa shape index (κ3) is 3.02. The van der Waals surface area contributed by atoms with Gasteiger partial charge in [0.15, 0.2) is 0 Å². The van der Waals surface area contributed by atoms with Gasteiger partial charge in [0.2, 0.25) is 0 Å². The first-order chi connectivity index (χ1) is 6.81. The fourth-order valence-corrected chi connectivity index (χ4v) is 1.44. The van der Waals surface area contributed by atoms with E-state index < -0.39 is 0 Å². The Bertz CT molecular complexity index is 172. The van der Waals surface area contributed by atoms with Gasteiger partial charge >= 0.3 is 0 Å². The highest BCUT2D eigenvalue weighted by molar-refractivity contribution is 5.57. The van der Waals surface area contributed by atoms with Crippen molar-refractivity contribution in [3.8, 4) is 0 Å². The van der Waals surface area contributed by atoms with E-state index in [0.29, 0.717) is 0 Å². The summed E-state index contributed by atoms with van der Waals surface area (Å²) in [5, 5.41) is 10.5. The van der Waals surface area contributed by atoms with Crippen molar-refractivity contribution in [3.05, 3.63) is 0 Å². The molecule has 14 heavy (non-hydrogen) atoms. The number of hydrogen-bond acceptors (Lipinski definition) is 5. The Balaban J connectivity index is 2.25. The maximum absolute atomic E-state index is 10.6. The quantitative estimate of drug-likeness (QED) is 0.595. The molecule has 2 atom stereocenters. The van der Waals surface area contributed by atoms with E-state index in [9.17, 15) is 4.79 Å². The van der Waals surface area contributed by atoms with Crippen LogP contribution in [-0.4, -0.2) is 55.5 Å². The lowest BCUT2D eigenvalue weighted by molar-refractivity contribution is -0.191. The van der Waals surface area contributed by atoms with E-state index >= 15 is 0 Å². The van der Waals surface area contributed by atoms with Gasteiger partial charge in [-0.05, 0) is 12.8 Å². The Morgan fingerprint density at radius 1 is 1.71 bits per heavy atom. The van der Waals surface area contributed by atoms with Crippen molar-refractivity contribution in [1.29, 1.82) is 0 Å². The van der Waals surface area contributed by atoms with Crippen molar-refractivity contribution >= 4 is 6.29 Å². The van der Waals surface area contributed by atoms with E-state index in [2.05, 4.69) is 0 Å². The largest absolute Gasteiger partial charge is 0.394 e. The molecule has 5 heteroatoms. The van der Waals surface area contributed by atoms with Crippen molar-refractivity contribution in [1.82, 2.24) is 5.06 Å². The van der Waals surface area contributed by atoms with E-state index in [1.165, 1.54) is 7.11 Å². The van der Waals surface area contributed by atoms with E-state index in [4.69, 9.17) is 14.7 Å². The lowest BCUT2D eigenvalue weighted by Crippen LogP contribution is -2.35. The molecule has 1 fully saturated rings. The Hall–Kier alpha value is -0.490. The first-order valence-corrected chi connectivity index (χ1v) is 4.80. The van der Waals surface area contributed by atoms with Gasteiger partial charge in [-0.25, -0.2) is 0 Å². The monoisotopic (exact) mass is 203 g/mol. The summed E-state index contributed by atoms with van der Waals surface area (Å²) >= 11 is 0. The molecule has 1 N–H and O–H groups in total. The molecule has 1 aliphatic heterocycles. The van der Waals surface area contributed by atoms with Crippen LogP contribution in [0, 0.1) is 0 Å². The maximum Gasteiger partial charge on any atom is 0.139 e. The van der Waals surface area contributed by atoms with Gasteiger partial charge in [-0.2, -0.15) is 5.06 Å². The molecule has 0 radical (unpaired) electrons. The van der Waals surface area contributed by atoms with Gasteiger partial charge in [0, 0.05) is 13.7 Å².